The number of nitrogens with zero attached hydrogens (tertiary/aromatic N) is 3. The molecule has 0 N–H and O–H groups in total. The van der Waals surface area contributed by atoms with Crippen molar-refractivity contribution in [2.45, 2.75) is 40.0 Å². The molecule has 0 aliphatic rings. The molecular formula is C45H39N3. The summed E-state index contributed by atoms with van der Waals surface area (Å²) >= 11 is 0. The van der Waals surface area contributed by atoms with E-state index < -0.39 is 0 Å². The molecule has 0 radical (unpaired) electrons. The average Bonchev–Trinajstić information content (AvgIpc) is 3.13. The van der Waals surface area contributed by atoms with Gasteiger partial charge in [0.05, 0.1) is 11.4 Å². The lowest BCUT2D eigenvalue weighted by atomic mass is 9.74. The highest BCUT2D eigenvalue weighted by molar-refractivity contribution is 5.80. The first-order chi connectivity index (χ1) is 23.3. The Balaban J connectivity index is 1.30. The minimum absolute atomic E-state index is 0.189. The molecule has 2 heterocycles. The number of aromatic nitrogens is 3. The molecular weight excluding hydrogens is 583 g/mol. The highest BCUT2D eigenvalue weighted by Gasteiger charge is 2.28. The van der Waals surface area contributed by atoms with Crippen LogP contribution in [0.25, 0.3) is 56.2 Å². The van der Waals surface area contributed by atoms with Gasteiger partial charge < -0.3 is 0 Å². The fourth-order valence-electron chi connectivity index (χ4n) is 6.89. The number of hydrogen-bond donors (Lipinski definition) is 0. The zero-order valence-electron chi connectivity index (χ0n) is 28.2. The van der Waals surface area contributed by atoms with Gasteiger partial charge in [-0.05, 0) is 95.1 Å². The Kier molecular flexibility index (Phi) is 8.29. The standard InChI is InChI=1S/C45H39N3/c1-30-22-23-36(27-39(30)38-20-13-21-40(32(38)3)45(4,5)41-29-46-25-24-31(41)2)35-18-12-19-37(26-35)44-47-42(33-14-8-6-9-15-33)28-43(48-44)34-16-10-7-11-17-34/h6-29H,1-5H3. The van der Waals surface area contributed by atoms with Crippen molar-refractivity contribution in [1.82, 2.24) is 15.0 Å². The fraction of sp³-hybridized carbons (Fsp3) is 0.133. The van der Waals surface area contributed by atoms with Crippen molar-refractivity contribution in [3.8, 4) is 56.2 Å². The topological polar surface area (TPSA) is 38.7 Å². The second kappa shape index (κ2) is 12.8. The van der Waals surface area contributed by atoms with Crippen LogP contribution in [0.4, 0.5) is 0 Å². The largest absolute Gasteiger partial charge is 0.264 e. The lowest BCUT2D eigenvalue weighted by molar-refractivity contribution is 0.628. The average molecular weight is 622 g/mol. The predicted molar refractivity (Wildman–Crippen MR) is 200 cm³/mol. The highest BCUT2D eigenvalue weighted by Crippen LogP contribution is 2.40. The van der Waals surface area contributed by atoms with Gasteiger partial charge in [0.2, 0.25) is 0 Å². The minimum atomic E-state index is -0.189. The first kappa shape index (κ1) is 31.0. The predicted octanol–water partition coefficient (Wildman–Crippen LogP) is 11.5. The molecule has 0 unspecified atom stereocenters. The summed E-state index contributed by atoms with van der Waals surface area (Å²) in [5.74, 6) is 0.709. The van der Waals surface area contributed by atoms with Crippen molar-refractivity contribution in [3.63, 3.8) is 0 Å². The maximum atomic E-state index is 5.07. The van der Waals surface area contributed by atoms with Gasteiger partial charge in [-0.1, -0.05) is 123 Å². The van der Waals surface area contributed by atoms with E-state index in [0.717, 1.165) is 39.2 Å². The summed E-state index contributed by atoms with van der Waals surface area (Å²) in [6.07, 6.45) is 3.89. The second-order valence-corrected chi connectivity index (χ2v) is 13.1. The summed E-state index contributed by atoms with van der Waals surface area (Å²) in [5.41, 5.74) is 15.9. The highest BCUT2D eigenvalue weighted by atomic mass is 14.9. The smallest absolute Gasteiger partial charge is 0.160 e. The van der Waals surface area contributed by atoms with E-state index in [-0.39, 0.29) is 5.41 Å². The zero-order chi connectivity index (χ0) is 33.3. The second-order valence-electron chi connectivity index (χ2n) is 13.1. The minimum Gasteiger partial charge on any atom is -0.264 e. The number of benzene rings is 5. The van der Waals surface area contributed by atoms with Gasteiger partial charge in [0.25, 0.3) is 0 Å². The van der Waals surface area contributed by atoms with Gasteiger partial charge in [0, 0.05) is 34.5 Å². The summed E-state index contributed by atoms with van der Waals surface area (Å²) in [7, 11) is 0. The van der Waals surface area contributed by atoms with Crippen LogP contribution in [0.15, 0.2) is 146 Å². The van der Waals surface area contributed by atoms with E-state index in [4.69, 9.17) is 9.97 Å². The number of aryl methyl sites for hydroxylation is 2. The Morgan fingerprint density at radius 1 is 0.458 bits per heavy atom. The molecule has 0 saturated carbocycles. The summed E-state index contributed by atoms with van der Waals surface area (Å²) in [5, 5.41) is 0. The molecule has 3 heteroatoms. The molecule has 0 aliphatic carbocycles. The van der Waals surface area contributed by atoms with Crippen LogP contribution in [-0.2, 0) is 5.41 Å². The van der Waals surface area contributed by atoms with E-state index in [9.17, 15) is 0 Å². The van der Waals surface area contributed by atoms with Crippen LogP contribution in [0.3, 0.4) is 0 Å². The third-order valence-electron chi connectivity index (χ3n) is 9.57. The quantitative estimate of drug-likeness (QED) is 0.178. The summed E-state index contributed by atoms with van der Waals surface area (Å²) in [6, 6.07) is 46.9. The van der Waals surface area contributed by atoms with Gasteiger partial charge in [-0.3, -0.25) is 4.98 Å². The Labute approximate surface area is 284 Å². The first-order valence-electron chi connectivity index (χ1n) is 16.5. The van der Waals surface area contributed by atoms with Crippen LogP contribution in [0.5, 0.6) is 0 Å². The van der Waals surface area contributed by atoms with Gasteiger partial charge in [-0.2, -0.15) is 0 Å². The normalized spacial score (nSPS) is 11.4. The molecule has 0 amide bonds. The number of hydrogen-bond acceptors (Lipinski definition) is 3. The van der Waals surface area contributed by atoms with Gasteiger partial charge >= 0.3 is 0 Å². The van der Waals surface area contributed by atoms with Gasteiger partial charge in [-0.25, -0.2) is 9.97 Å². The number of rotatable bonds is 7. The van der Waals surface area contributed by atoms with Crippen molar-refractivity contribution in [3.05, 3.63) is 174 Å². The summed E-state index contributed by atoms with van der Waals surface area (Å²) < 4.78 is 0. The zero-order valence-corrected chi connectivity index (χ0v) is 28.2. The fourth-order valence-corrected chi connectivity index (χ4v) is 6.89. The van der Waals surface area contributed by atoms with E-state index >= 15 is 0 Å². The molecule has 234 valence electrons. The van der Waals surface area contributed by atoms with E-state index in [0.29, 0.717) is 5.82 Å². The van der Waals surface area contributed by atoms with E-state index in [1.165, 1.54) is 38.9 Å². The number of pyridine rings is 1. The van der Waals surface area contributed by atoms with Crippen LogP contribution in [0, 0.1) is 20.8 Å². The lowest BCUT2D eigenvalue weighted by Gasteiger charge is -2.30. The third kappa shape index (κ3) is 5.96. The Hall–Kier alpha value is -5.67. The SMILES string of the molecule is Cc1ccc(-c2cccc(-c3nc(-c4ccccc4)cc(-c4ccccc4)n3)c2)cc1-c1cccc(C(C)(C)c2cnccc2C)c1C. The van der Waals surface area contributed by atoms with E-state index in [2.05, 4.69) is 137 Å². The van der Waals surface area contributed by atoms with Crippen LogP contribution >= 0.6 is 0 Å². The molecule has 0 atom stereocenters. The van der Waals surface area contributed by atoms with Crippen LogP contribution in [-0.4, -0.2) is 15.0 Å². The third-order valence-corrected chi connectivity index (χ3v) is 9.57. The van der Waals surface area contributed by atoms with Crippen molar-refractivity contribution in [2.24, 2.45) is 0 Å². The molecule has 2 aromatic heterocycles. The first-order valence-corrected chi connectivity index (χ1v) is 16.5. The molecule has 7 rings (SSSR count). The van der Waals surface area contributed by atoms with E-state index in [1.807, 2.05) is 48.8 Å². The molecule has 0 saturated heterocycles. The molecule has 0 fully saturated rings. The van der Waals surface area contributed by atoms with Crippen LogP contribution < -0.4 is 0 Å². The molecule has 7 aromatic rings. The lowest BCUT2D eigenvalue weighted by Crippen LogP contribution is -2.22. The Morgan fingerprint density at radius 3 is 1.73 bits per heavy atom. The molecule has 3 nitrogen and oxygen atoms in total. The molecule has 0 bridgehead atoms. The molecule has 5 aromatic carbocycles. The van der Waals surface area contributed by atoms with Crippen molar-refractivity contribution < 1.29 is 0 Å². The van der Waals surface area contributed by atoms with Crippen LogP contribution in [0.2, 0.25) is 0 Å². The Bertz CT molecular complexity index is 2180. The van der Waals surface area contributed by atoms with Gasteiger partial charge in [0.15, 0.2) is 5.82 Å². The van der Waals surface area contributed by atoms with Gasteiger partial charge in [0.1, 0.15) is 0 Å². The summed E-state index contributed by atoms with van der Waals surface area (Å²) in [6.45, 7) is 11.2. The van der Waals surface area contributed by atoms with Gasteiger partial charge in [-0.15, -0.1) is 0 Å². The Morgan fingerprint density at radius 2 is 1.06 bits per heavy atom. The van der Waals surface area contributed by atoms with Crippen molar-refractivity contribution in [1.29, 1.82) is 0 Å². The monoisotopic (exact) mass is 621 g/mol. The maximum Gasteiger partial charge on any atom is 0.160 e. The van der Waals surface area contributed by atoms with Crippen LogP contribution in [0.1, 0.15) is 41.7 Å². The summed E-state index contributed by atoms with van der Waals surface area (Å²) in [4.78, 5) is 14.6. The maximum absolute atomic E-state index is 5.07. The van der Waals surface area contributed by atoms with E-state index in [1.54, 1.807) is 0 Å². The van der Waals surface area contributed by atoms with Crippen molar-refractivity contribution >= 4 is 0 Å². The molecule has 0 spiro atoms. The molecule has 0 aliphatic heterocycles. The molecule has 48 heavy (non-hydrogen) atoms. The van der Waals surface area contributed by atoms with Crippen molar-refractivity contribution in [2.75, 3.05) is 0 Å².